The molecule has 2 aliphatic rings. The van der Waals surface area contributed by atoms with Crippen LogP contribution >= 0.6 is 11.6 Å². The molecule has 2 aromatic heterocycles. The van der Waals surface area contributed by atoms with Crippen molar-refractivity contribution >= 4 is 28.5 Å². The van der Waals surface area contributed by atoms with E-state index in [-0.39, 0.29) is 18.1 Å². The Labute approximate surface area is 183 Å². The molecule has 0 unspecified atom stereocenters. The Hall–Kier alpha value is -1.63. The molecule has 1 saturated carbocycles. The third-order valence-corrected chi connectivity index (χ3v) is 6.57. The van der Waals surface area contributed by atoms with Gasteiger partial charge in [0, 0.05) is 56.3 Å². The minimum Gasteiger partial charge on any atom is -0.385 e. The minimum atomic E-state index is -0.308. The lowest BCUT2D eigenvalue weighted by molar-refractivity contribution is -0.149. The first-order chi connectivity index (χ1) is 14.6. The van der Waals surface area contributed by atoms with Gasteiger partial charge in [-0.05, 0) is 57.9 Å². The summed E-state index contributed by atoms with van der Waals surface area (Å²) in [5, 5.41) is 1.65. The quantitative estimate of drug-likeness (QED) is 0.536. The number of nitrogens with zero attached hydrogens (tertiary/aromatic N) is 3. The van der Waals surface area contributed by atoms with E-state index in [0.29, 0.717) is 17.7 Å². The summed E-state index contributed by atoms with van der Waals surface area (Å²) in [6.45, 7) is 4.40. The van der Waals surface area contributed by atoms with E-state index in [0.717, 1.165) is 74.7 Å². The van der Waals surface area contributed by atoms with E-state index < -0.39 is 0 Å². The zero-order valence-corrected chi connectivity index (χ0v) is 18.7. The van der Waals surface area contributed by atoms with E-state index in [4.69, 9.17) is 21.1 Å². The lowest BCUT2D eigenvalue weighted by Gasteiger charge is -2.34. The Morgan fingerprint density at radius 2 is 2.20 bits per heavy atom. The zero-order valence-electron chi connectivity index (χ0n) is 18.0. The first kappa shape index (κ1) is 21.6. The van der Waals surface area contributed by atoms with Gasteiger partial charge in [0.1, 0.15) is 11.8 Å². The second kappa shape index (κ2) is 9.67. The van der Waals surface area contributed by atoms with Crippen LogP contribution < -0.4 is 0 Å². The van der Waals surface area contributed by atoms with Gasteiger partial charge >= 0.3 is 0 Å². The molecule has 6 nitrogen and oxygen atoms in total. The fourth-order valence-corrected chi connectivity index (χ4v) is 4.76. The van der Waals surface area contributed by atoms with Crippen LogP contribution in [-0.4, -0.2) is 52.8 Å². The van der Waals surface area contributed by atoms with Crippen molar-refractivity contribution in [2.45, 2.75) is 76.6 Å². The van der Waals surface area contributed by atoms with Crippen LogP contribution in [-0.2, 0) is 20.8 Å². The zero-order chi connectivity index (χ0) is 21.1. The van der Waals surface area contributed by atoms with Crippen molar-refractivity contribution in [3.8, 4) is 0 Å². The van der Waals surface area contributed by atoms with Crippen LogP contribution in [0.1, 0.15) is 63.5 Å². The molecule has 1 saturated heterocycles. The van der Waals surface area contributed by atoms with Crippen LogP contribution in [0.15, 0.2) is 18.5 Å². The van der Waals surface area contributed by atoms with Gasteiger partial charge < -0.3 is 18.9 Å². The molecule has 2 fully saturated rings. The normalized spacial score (nSPS) is 20.4. The van der Waals surface area contributed by atoms with E-state index in [1.165, 1.54) is 0 Å². The molecule has 0 radical (unpaired) electrons. The number of fused-ring (bicyclic) bond motifs is 1. The number of rotatable bonds is 9. The van der Waals surface area contributed by atoms with Gasteiger partial charge in [-0.2, -0.15) is 0 Å². The van der Waals surface area contributed by atoms with Gasteiger partial charge in [-0.3, -0.25) is 4.79 Å². The average molecular weight is 434 g/mol. The van der Waals surface area contributed by atoms with Crippen LogP contribution in [0.4, 0.5) is 0 Å². The molecule has 4 rings (SSSR count). The van der Waals surface area contributed by atoms with E-state index in [1.807, 2.05) is 6.07 Å². The van der Waals surface area contributed by atoms with Gasteiger partial charge in [-0.1, -0.05) is 11.6 Å². The molecule has 1 aliphatic carbocycles. The third kappa shape index (κ3) is 4.51. The smallest absolute Gasteiger partial charge is 0.252 e. The third-order valence-electron chi connectivity index (χ3n) is 6.25. The Morgan fingerprint density at radius 1 is 1.37 bits per heavy atom. The molecule has 0 aromatic carbocycles. The van der Waals surface area contributed by atoms with Gasteiger partial charge in [-0.15, -0.1) is 0 Å². The minimum absolute atomic E-state index is 0.0695. The van der Waals surface area contributed by atoms with E-state index >= 15 is 0 Å². The fourth-order valence-electron chi connectivity index (χ4n) is 4.51. The number of unbranched alkanes of at least 4 members (excludes halogenated alkanes) is 1. The van der Waals surface area contributed by atoms with Crippen molar-refractivity contribution in [3.05, 3.63) is 29.0 Å². The highest BCUT2D eigenvalue weighted by Gasteiger charge is 2.40. The Kier molecular flexibility index (Phi) is 6.96. The number of halogens is 1. The van der Waals surface area contributed by atoms with Crippen LogP contribution in [0.5, 0.6) is 0 Å². The van der Waals surface area contributed by atoms with Crippen molar-refractivity contribution < 1.29 is 14.3 Å². The summed E-state index contributed by atoms with van der Waals surface area (Å²) in [5.74, 6) is 0.130. The SMILES string of the molecule is COCCCCn1cc([C@@H](C)N(C(=O)[C@H]2CCCCO2)C2CC2)c2c(Cl)ccnc21. The highest BCUT2D eigenvalue weighted by atomic mass is 35.5. The lowest BCUT2D eigenvalue weighted by Crippen LogP contribution is -2.44. The number of aromatic nitrogens is 2. The summed E-state index contributed by atoms with van der Waals surface area (Å²) < 4.78 is 13.2. The number of aryl methyl sites for hydroxylation is 1. The molecule has 0 bridgehead atoms. The van der Waals surface area contributed by atoms with E-state index in [2.05, 4.69) is 27.6 Å². The molecular weight excluding hydrogens is 402 g/mol. The Balaban J connectivity index is 1.63. The summed E-state index contributed by atoms with van der Waals surface area (Å²) in [5.41, 5.74) is 1.96. The van der Waals surface area contributed by atoms with E-state index in [9.17, 15) is 4.79 Å². The van der Waals surface area contributed by atoms with Crippen LogP contribution in [0.3, 0.4) is 0 Å². The lowest BCUT2D eigenvalue weighted by atomic mass is 10.0. The van der Waals surface area contributed by atoms with Crippen molar-refractivity contribution in [1.29, 1.82) is 0 Å². The summed E-state index contributed by atoms with van der Waals surface area (Å²) >= 11 is 6.63. The van der Waals surface area contributed by atoms with E-state index in [1.54, 1.807) is 13.3 Å². The van der Waals surface area contributed by atoms with Crippen molar-refractivity contribution in [2.75, 3.05) is 20.3 Å². The highest BCUT2D eigenvalue weighted by molar-refractivity contribution is 6.35. The van der Waals surface area contributed by atoms with Crippen molar-refractivity contribution in [2.24, 2.45) is 0 Å². The molecule has 0 N–H and O–H groups in total. The number of carbonyl (C=O) groups excluding carboxylic acids is 1. The molecule has 2 aromatic rings. The molecule has 1 aliphatic heterocycles. The molecule has 30 heavy (non-hydrogen) atoms. The average Bonchev–Trinajstić information content (AvgIpc) is 3.52. The number of methoxy groups -OCH3 is 1. The number of ether oxygens (including phenoxy) is 2. The number of carbonyl (C=O) groups is 1. The number of hydrogen-bond donors (Lipinski definition) is 0. The van der Waals surface area contributed by atoms with Gasteiger partial charge in [0.25, 0.3) is 5.91 Å². The summed E-state index contributed by atoms with van der Waals surface area (Å²) in [6, 6.07) is 2.07. The Morgan fingerprint density at radius 3 is 2.90 bits per heavy atom. The molecular formula is C23H32ClN3O3. The maximum absolute atomic E-state index is 13.4. The first-order valence-electron chi connectivity index (χ1n) is 11.2. The molecule has 7 heteroatoms. The topological polar surface area (TPSA) is 56.6 Å². The maximum atomic E-state index is 13.4. The molecule has 1 amide bonds. The summed E-state index contributed by atoms with van der Waals surface area (Å²) in [6.07, 6.45) is 10.6. The van der Waals surface area contributed by atoms with Gasteiger partial charge in [0.2, 0.25) is 0 Å². The predicted molar refractivity (Wildman–Crippen MR) is 118 cm³/mol. The first-order valence-corrected chi connectivity index (χ1v) is 11.6. The largest absolute Gasteiger partial charge is 0.385 e. The number of pyridine rings is 1. The van der Waals surface area contributed by atoms with Crippen LogP contribution in [0, 0.1) is 0 Å². The Bertz CT molecular complexity index is 874. The van der Waals surface area contributed by atoms with Gasteiger partial charge in [-0.25, -0.2) is 4.98 Å². The van der Waals surface area contributed by atoms with Crippen molar-refractivity contribution in [1.82, 2.24) is 14.5 Å². The fraction of sp³-hybridized carbons (Fsp3) is 0.652. The predicted octanol–water partition coefficient (Wildman–Crippen LogP) is 4.74. The monoisotopic (exact) mass is 433 g/mol. The summed E-state index contributed by atoms with van der Waals surface area (Å²) in [4.78, 5) is 20.1. The van der Waals surface area contributed by atoms with Gasteiger partial charge in [0.05, 0.1) is 11.1 Å². The second-order valence-electron chi connectivity index (χ2n) is 8.48. The van der Waals surface area contributed by atoms with Crippen LogP contribution in [0.2, 0.25) is 5.02 Å². The molecule has 2 atom stereocenters. The standard InChI is InChI=1S/C23H32ClN3O3/c1-16(27(17-8-9-17)23(28)20-7-3-5-14-30-20)18-15-26(12-4-6-13-29-2)22-21(18)19(24)10-11-25-22/h10-11,15-17,20H,3-9,12-14H2,1-2H3/t16-,20-/m1/s1. The molecule has 3 heterocycles. The number of hydrogen-bond acceptors (Lipinski definition) is 4. The van der Waals surface area contributed by atoms with Crippen molar-refractivity contribution in [3.63, 3.8) is 0 Å². The van der Waals surface area contributed by atoms with Crippen LogP contribution in [0.25, 0.3) is 11.0 Å². The molecule has 0 spiro atoms. The molecule has 164 valence electrons. The van der Waals surface area contributed by atoms with Gasteiger partial charge in [0.15, 0.2) is 0 Å². The summed E-state index contributed by atoms with van der Waals surface area (Å²) in [7, 11) is 1.73. The highest BCUT2D eigenvalue weighted by Crippen LogP contribution is 2.40. The number of amides is 1. The maximum Gasteiger partial charge on any atom is 0.252 e. The second-order valence-corrected chi connectivity index (χ2v) is 8.88.